The Morgan fingerprint density at radius 3 is 2.55 bits per heavy atom. The smallest absolute Gasteiger partial charge is 0.412 e. The maximum absolute atomic E-state index is 13.9. The fraction of sp³-hybridized carbons (Fsp3) is 0.238. The summed E-state index contributed by atoms with van der Waals surface area (Å²) in [5, 5.41) is 20.6. The Kier molecular flexibility index (Phi) is 9.44. The summed E-state index contributed by atoms with van der Waals surface area (Å²) in [5.41, 5.74) is 2.26. The first-order chi connectivity index (χ1) is 14.8. The molecular weight excluding hydrogens is 475 g/mol. The number of carbonyl (C=O) groups is 2. The molecule has 2 atom stereocenters. The van der Waals surface area contributed by atoms with E-state index in [0.717, 1.165) is 22.7 Å². The lowest BCUT2D eigenvalue weighted by Crippen LogP contribution is -2.28. The number of hydrogen-bond donors (Lipinski definition) is 4. The van der Waals surface area contributed by atoms with E-state index in [1.54, 1.807) is 24.3 Å². The van der Waals surface area contributed by atoms with E-state index in [0.29, 0.717) is 18.5 Å². The van der Waals surface area contributed by atoms with Crippen molar-refractivity contribution in [1.82, 2.24) is 5.48 Å². The SMILES string of the molecule is CO[C@H](CC/C=C/C(=O)NO)[C@H](OC(=O)Nc1ccc(Br)cc1)c1ccc(O)c(F)c1. The molecule has 0 saturated heterocycles. The van der Waals surface area contributed by atoms with Crippen LogP contribution in [0.25, 0.3) is 0 Å². The third-order valence-corrected chi connectivity index (χ3v) is 4.79. The summed E-state index contributed by atoms with van der Waals surface area (Å²) >= 11 is 3.31. The first-order valence-corrected chi connectivity index (χ1v) is 9.98. The number of hydroxylamine groups is 1. The zero-order chi connectivity index (χ0) is 22.8. The molecular formula is C21H22BrFN2O6. The van der Waals surface area contributed by atoms with Crippen LogP contribution in [0.15, 0.2) is 59.1 Å². The average molecular weight is 497 g/mol. The molecule has 166 valence electrons. The van der Waals surface area contributed by atoms with Crippen LogP contribution in [-0.2, 0) is 14.3 Å². The van der Waals surface area contributed by atoms with Crippen LogP contribution in [0.3, 0.4) is 0 Å². The second-order valence-electron chi connectivity index (χ2n) is 6.40. The van der Waals surface area contributed by atoms with Crippen LogP contribution in [0, 0.1) is 5.82 Å². The van der Waals surface area contributed by atoms with E-state index in [1.807, 2.05) is 0 Å². The lowest BCUT2D eigenvalue weighted by atomic mass is 10.00. The van der Waals surface area contributed by atoms with Gasteiger partial charge in [0.2, 0.25) is 0 Å². The van der Waals surface area contributed by atoms with Gasteiger partial charge >= 0.3 is 6.09 Å². The van der Waals surface area contributed by atoms with Gasteiger partial charge in [0.05, 0.1) is 6.10 Å². The number of aromatic hydroxyl groups is 1. The Labute approximate surface area is 186 Å². The molecule has 0 aliphatic heterocycles. The van der Waals surface area contributed by atoms with Crippen LogP contribution in [-0.4, -0.2) is 35.5 Å². The van der Waals surface area contributed by atoms with Crippen molar-refractivity contribution in [2.45, 2.75) is 25.0 Å². The Hall–Kier alpha value is -2.95. The van der Waals surface area contributed by atoms with Gasteiger partial charge in [-0.15, -0.1) is 0 Å². The molecule has 0 aliphatic carbocycles. The second kappa shape index (κ2) is 12.0. The van der Waals surface area contributed by atoms with Crippen molar-refractivity contribution in [2.24, 2.45) is 0 Å². The molecule has 4 N–H and O–H groups in total. The van der Waals surface area contributed by atoms with Gasteiger partial charge in [-0.25, -0.2) is 14.7 Å². The molecule has 2 rings (SSSR count). The highest BCUT2D eigenvalue weighted by Crippen LogP contribution is 2.30. The normalized spacial score (nSPS) is 12.9. The van der Waals surface area contributed by atoms with Crippen molar-refractivity contribution in [3.63, 3.8) is 0 Å². The van der Waals surface area contributed by atoms with Gasteiger partial charge in [0.15, 0.2) is 17.7 Å². The highest BCUT2D eigenvalue weighted by Gasteiger charge is 2.28. The number of phenols is 1. The number of methoxy groups -OCH3 is 1. The molecule has 0 spiro atoms. The highest BCUT2D eigenvalue weighted by molar-refractivity contribution is 9.10. The van der Waals surface area contributed by atoms with Crippen LogP contribution in [0.5, 0.6) is 5.75 Å². The van der Waals surface area contributed by atoms with Crippen molar-refractivity contribution in [2.75, 3.05) is 12.4 Å². The first kappa shape index (κ1) is 24.3. The molecule has 31 heavy (non-hydrogen) atoms. The number of anilines is 1. The number of nitrogens with one attached hydrogen (secondary N) is 2. The van der Waals surface area contributed by atoms with E-state index < -0.39 is 35.8 Å². The molecule has 0 unspecified atom stereocenters. The molecule has 0 radical (unpaired) electrons. The van der Waals surface area contributed by atoms with Crippen LogP contribution < -0.4 is 10.8 Å². The average Bonchev–Trinajstić information content (AvgIpc) is 2.76. The van der Waals surface area contributed by atoms with E-state index >= 15 is 0 Å². The largest absolute Gasteiger partial charge is 0.505 e. The first-order valence-electron chi connectivity index (χ1n) is 9.19. The number of halogens is 2. The van der Waals surface area contributed by atoms with Crippen LogP contribution in [0.2, 0.25) is 0 Å². The molecule has 10 heteroatoms. The predicted molar refractivity (Wildman–Crippen MR) is 114 cm³/mol. The molecule has 0 aromatic heterocycles. The van der Waals surface area contributed by atoms with Crippen molar-refractivity contribution < 1.29 is 33.8 Å². The van der Waals surface area contributed by atoms with Gasteiger partial charge in [0, 0.05) is 23.3 Å². The molecule has 0 aliphatic rings. The standard InChI is InChI=1S/C21H22BrFN2O6/c1-30-18(4-2-3-5-19(27)25-29)20(13-6-11-17(26)16(23)12-13)31-21(28)24-15-9-7-14(22)8-10-15/h3,5-12,18,20,26,29H,2,4H2,1H3,(H,24,28)(H,25,27)/b5-3+/t18-,20-/m1/s1. The Bertz CT molecular complexity index is 923. The third kappa shape index (κ3) is 7.67. The number of allylic oxidation sites excluding steroid dienone is 1. The number of amides is 2. The predicted octanol–water partition coefficient (Wildman–Crippen LogP) is 4.44. The number of ether oxygens (including phenoxy) is 2. The van der Waals surface area contributed by atoms with Gasteiger partial charge in [0.25, 0.3) is 5.91 Å². The Morgan fingerprint density at radius 2 is 1.94 bits per heavy atom. The fourth-order valence-electron chi connectivity index (χ4n) is 2.74. The lowest BCUT2D eigenvalue weighted by Gasteiger charge is -2.26. The number of hydrogen-bond acceptors (Lipinski definition) is 6. The lowest BCUT2D eigenvalue weighted by molar-refractivity contribution is -0.124. The summed E-state index contributed by atoms with van der Waals surface area (Å²) < 4.78 is 25.8. The number of rotatable bonds is 9. The minimum absolute atomic E-state index is 0.283. The topological polar surface area (TPSA) is 117 Å². The molecule has 0 bridgehead atoms. The summed E-state index contributed by atoms with van der Waals surface area (Å²) in [7, 11) is 1.41. The minimum atomic E-state index is -1.00. The van der Waals surface area contributed by atoms with Crippen molar-refractivity contribution in [1.29, 1.82) is 0 Å². The van der Waals surface area contributed by atoms with Crippen molar-refractivity contribution in [3.8, 4) is 5.75 Å². The van der Waals surface area contributed by atoms with E-state index in [1.165, 1.54) is 24.7 Å². The van der Waals surface area contributed by atoms with E-state index in [4.69, 9.17) is 14.7 Å². The van der Waals surface area contributed by atoms with Crippen molar-refractivity contribution >= 4 is 33.6 Å². The molecule has 2 aromatic carbocycles. The molecule has 8 nitrogen and oxygen atoms in total. The molecule has 2 aromatic rings. The summed E-state index contributed by atoms with van der Waals surface area (Å²) in [5.74, 6) is -2.08. The van der Waals surface area contributed by atoms with Gasteiger partial charge in [-0.1, -0.05) is 28.1 Å². The molecule has 0 fully saturated rings. The van der Waals surface area contributed by atoms with Gasteiger partial charge < -0.3 is 14.6 Å². The number of phenolic OH excluding ortho intramolecular Hbond substituents is 1. The Balaban J connectivity index is 2.18. The quantitative estimate of drug-likeness (QED) is 0.231. The highest BCUT2D eigenvalue weighted by atomic mass is 79.9. The zero-order valence-electron chi connectivity index (χ0n) is 16.5. The zero-order valence-corrected chi connectivity index (χ0v) is 18.1. The van der Waals surface area contributed by atoms with Crippen LogP contribution in [0.4, 0.5) is 14.9 Å². The van der Waals surface area contributed by atoms with Crippen LogP contribution in [0.1, 0.15) is 24.5 Å². The summed E-state index contributed by atoms with van der Waals surface area (Å²) in [4.78, 5) is 23.5. The summed E-state index contributed by atoms with van der Waals surface area (Å²) in [6, 6.07) is 10.5. The maximum Gasteiger partial charge on any atom is 0.412 e. The summed E-state index contributed by atoms with van der Waals surface area (Å²) in [6.07, 6.45) is 0.831. The number of carbonyl (C=O) groups excluding carboxylic acids is 2. The Morgan fingerprint density at radius 1 is 1.23 bits per heavy atom. The minimum Gasteiger partial charge on any atom is -0.505 e. The number of benzene rings is 2. The van der Waals surface area contributed by atoms with Gasteiger partial charge in [-0.05, 0) is 54.8 Å². The molecule has 0 heterocycles. The van der Waals surface area contributed by atoms with E-state index in [2.05, 4.69) is 21.2 Å². The monoisotopic (exact) mass is 496 g/mol. The van der Waals surface area contributed by atoms with Gasteiger partial charge in [-0.3, -0.25) is 15.3 Å². The van der Waals surface area contributed by atoms with Gasteiger partial charge in [0.1, 0.15) is 0 Å². The summed E-state index contributed by atoms with van der Waals surface area (Å²) in [6.45, 7) is 0. The van der Waals surface area contributed by atoms with Gasteiger partial charge in [-0.2, -0.15) is 0 Å². The molecule has 2 amide bonds. The maximum atomic E-state index is 13.9. The van der Waals surface area contributed by atoms with Crippen molar-refractivity contribution in [3.05, 3.63) is 70.5 Å². The van der Waals surface area contributed by atoms with E-state index in [-0.39, 0.29) is 5.56 Å². The van der Waals surface area contributed by atoms with E-state index in [9.17, 15) is 19.1 Å². The fourth-order valence-corrected chi connectivity index (χ4v) is 3.00. The molecule has 0 saturated carbocycles. The third-order valence-electron chi connectivity index (χ3n) is 4.26. The second-order valence-corrected chi connectivity index (χ2v) is 7.31. The van der Waals surface area contributed by atoms with Crippen LogP contribution >= 0.6 is 15.9 Å².